The lowest BCUT2D eigenvalue weighted by molar-refractivity contribution is -0.192. The van der Waals surface area contributed by atoms with E-state index in [0.717, 1.165) is 22.8 Å². The maximum Gasteiger partial charge on any atom is 0.490 e. The van der Waals surface area contributed by atoms with Gasteiger partial charge in [0.15, 0.2) is 9.84 Å². The number of nitrogens with one attached hydrogen (secondary N) is 4. The first-order valence-electron chi connectivity index (χ1n) is 15.2. The van der Waals surface area contributed by atoms with Gasteiger partial charge in [0.25, 0.3) is 5.56 Å². The molecule has 18 heteroatoms. The fourth-order valence-corrected chi connectivity index (χ4v) is 6.50. The summed E-state index contributed by atoms with van der Waals surface area (Å²) < 4.78 is 73.4. The van der Waals surface area contributed by atoms with Crippen LogP contribution in [0.3, 0.4) is 0 Å². The van der Waals surface area contributed by atoms with E-state index in [-0.39, 0.29) is 40.1 Å². The number of hydrogen-bond acceptors (Lipinski definition) is 8. The van der Waals surface area contributed by atoms with E-state index >= 15 is 4.39 Å². The van der Waals surface area contributed by atoms with Gasteiger partial charge in [-0.05, 0) is 79.8 Å². The van der Waals surface area contributed by atoms with Gasteiger partial charge in [-0.3, -0.25) is 9.59 Å². The number of aromatic amines is 1. The van der Waals surface area contributed by atoms with Crippen LogP contribution in [0, 0.1) is 19.7 Å². The molecule has 1 aromatic heterocycles. The number of anilines is 2. The van der Waals surface area contributed by atoms with E-state index in [1.165, 1.54) is 35.5 Å². The monoisotopic (exact) mass is 734 g/mol. The first-order valence-corrected chi connectivity index (χ1v) is 16.8. The SMILES string of the molecule is Cc1cc2cc(C)c1CN(C)C(=O)Nc1ccc(S(=O)(=O)C(C)C)c(c1)CNC(=O)C2Nc1cc2c(=O)[nH]cnc2cc1F.O=C(O)C(F)(F)F. The van der Waals surface area contributed by atoms with Crippen LogP contribution in [0.4, 0.5) is 33.7 Å². The number of benzene rings is 3. The highest BCUT2D eigenvalue weighted by atomic mass is 32.2. The molecule has 13 nitrogen and oxygen atoms in total. The zero-order chi connectivity index (χ0) is 38.0. The van der Waals surface area contributed by atoms with Crippen molar-refractivity contribution in [3.05, 3.63) is 92.8 Å². The normalized spacial score (nSPS) is 15.3. The molecule has 1 unspecified atom stereocenters. The lowest BCUT2D eigenvalue weighted by Gasteiger charge is -2.24. The quantitative estimate of drug-likeness (QED) is 0.181. The molecule has 0 saturated heterocycles. The third-order valence-electron chi connectivity index (χ3n) is 8.02. The molecule has 6 rings (SSSR count). The zero-order valence-electron chi connectivity index (χ0n) is 27.9. The first-order chi connectivity index (χ1) is 23.7. The molecule has 3 heterocycles. The van der Waals surface area contributed by atoms with Crippen molar-refractivity contribution >= 4 is 50.0 Å². The molecule has 0 saturated carbocycles. The van der Waals surface area contributed by atoms with Crippen molar-refractivity contribution in [3.63, 3.8) is 0 Å². The third kappa shape index (κ3) is 8.62. The Morgan fingerprint density at radius 2 is 1.69 bits per heavy atom. The molecule has 3 amide bonds. The van der Waals surface area contributed by atoms with Gasteiger partial charge in [0.05, 0.1) is 33.1 Å². The fourth-order valence-electron chi connectivity index (χ4n) is 5.24. The van der Waals surface area contributed by atoms with Crippen molar-refractivity contribution in [1.82, 2.24) is 20.2 Å². The highest BCUT2D eigenvalue weighted by Crippen LogP contribution is 2.30. The number of fused-ring (bicyclic) bond motifs is 9. The molecule has 4 bridgehead atoms. The summed E-state index contributed by atoms with van der Waals surface area (Å²) in [7, 11) is -2.10. The van der Waals surface area contributed by atoms with Gasteiger partial charge in [-0.2, -0.15) is 13.2 Å². The number of aryl methyl sites for hydroxylation is 2. The Morgan fingerprint density at radius 3 is 2.27 bits per heavy atom. The zero-order valence-corrected chi connectivity index (χ0v) is 28.7. The number of amides is 3. The molecular formula is C33H34F4N6O7S. The topological polar surface area (TPSA) is 191 Å². The van der Waals surface area contributed by atoms with Crippen molar-refractivity contribution in [1.29, 1.82) is 0 Å². The number of nitrogens with zero attached hydrogens (tertiary/aromatic N) is 2. The van der Waals surface area contributed by atoms with Crippen LogP contribution in [-0.4, -0.2) is 64.8 Å². The number of carbonyl (C=O) groups is 3. The van der Waals surface area contributed by atoms with E-state index in [1.807, 2.05) is 13.8 Å². The number of H-pyrrole nitrogens is 1. The average Bonchev–Trinajstić information content (AvgIpc) is 3.04. The molecule has 5 N–H and O–H groups in total. The van der Waals surface area contributed by atoms with E-state index in [0.29, 0.717) is 11.3 Å². The highest BCUT2D eigenvalue weighted by Gasteiger charge is 2.38. The van der Waals surface area contributed by atoms with Crippen LogP contribution in [0.2, 0.25) is 0 Å². The van der Waals surface area contributed by atoms with Crippen LogP contribution < -0.4 is 21.5 Å². The summed E-state index contributed by atoms with van der Waals surface area (Å²) in [6, 6.07) is 8.91. The van der Waals surface area contributed by atoms with Gasteiger partial charge in [-0.1, -0.05) is 12.1 Å². The van der Waals surface area contributed by atoms with Gasteiger partial charge < -0.3 is 30.9 Å². The van der Waals surface area contributed by atoms with E-state index in [4.69, 9.17) is 9.90 Å². The summed E-state index contributed by atoms with van der Waals surface area (Å²) in [5.74, 6) is -4.04. The van der Waals surface area contributed by atoms with Crippen LogP contribution in [0.5, 0.6) is 0 Å². The van der Waals surface area contributed by atoms with Crippen molar-refractivity contribution in [2.24, 2.45) is 0 Å². The van der Waals surface area contributed by atoms with Crippen LogP contribution in [0.1, 0.15) is 47.7 Å². The van der Waals surface area contributed by atoms with E-state index in [9.17, 15) is 36.0 Å². The number of carbonyl (C=O) groups excluding carboxylic acids is 2. The number of hydrogen-bond donors (Lipinski definition) is 5. The number of alkyl halides is 3. The second-order valence-electron chi connectivity index (χ2n) is 12.0. The lowest BCUT2D eigenvalue weighted by Crippen LogP contribution is -2.34. The molecule has 3 aromatic carbocycles. The van der Waals surface area contributed by atoms with Crippen LogP contribution in [-0.2, 0) is 32.5 Å². The minimum absolute atomic E-state index is 0.0240. The second kappa shape index (κ2) is 14.8. The Labute approximate surface area is 289 Å². The molecule has 2 aliphatic heterocycles. The molecule has 272 valence electrons. The van der Waals surface area contributed by atoms with Crippen molar-refractivity contribution in [2.45, 2.75) is 63.1 Å². The first kappa shape index (κ1) is 38.3. The van der Waals surface area contributed by atoms with Crippen molar-refractivity contribution < 1.29 is 45.5 Å². The Morgan fingerprint density at radius 1 is 1.06 bits per heavy atom. The number of urea groups is 1. The average molecular weight is 735 g/mol. The Balaban J connectivity index is 0.000000755. The van der Waals surface area contributed by atoms with Crippen LogP contribution in [0.15, 0.2) is 58.5 Å². The maximum atomic E-state index is 15.3. The Hall–Kier alpha value is -5.52. The smallest absolute Gasteiger partial charge is 0.475 e. The van der Waals surface area contributed by atoms with Crippen molar-refractivity contribution in [3.8, 4) is 0 Å². The maximum absolute atomic E-state index is 15.3. The Bertz CT molecular complexity index is 2170. The summed E-state index contributed by atoms with van der Waals surface area (Å²) in [5.41, 5.74) is 3.22. The number of sulfone groups is 1. The largest absolute Gasteiger partial charge is 0.490 e. The van der Waals surface area contributed by atoms with Crippen LogP contribution in [0.25, 0.3) is 10.9 Å². The molecular weight excluding hydrogens is 700 g/mol. The summed E-state index contributed by atoms with van der Waals surface area (Å²) in [4.78, 5) is 56.3. The number of halogens is 4. The number of carboxylic acid groups (broad SMARTS) is 1. The molecule has 0 aliphatic carbocycles. The third-order valence-corrected chi connectivity index (χ3v) is 10.3. The van der Waals surface area contributed by atoms with E-state index in [2.05, 4.69) is 25.9 Å². The predicted molar refractivity (Wildman–Crippen MR) is 179 cm³/mol. The summed E-state index contributed by atoms with van der Waals surface area (Å²) >= 11 is 0. The van der Waals surface area contributed by atoms with Gasteiger partial charge >= 0.3 is 18.2 Å². The molecule has 2 aliphatic rings. The predicted octanol–water partition coefficient (Wildman–Crippen LogP) is 4.94. The minimum Gasteiger partial charge on any atom is -0.475 e. The molecule has 0 spiro atoms. The number of aliphatic carboxylic acids is 1. The summed E-state index contributed by atoms with van der Waals surface area (Å²) in [6.45, 7) is 6.90. The highest BCUT2D eigenvalue weighted by molar-refractivity contribution is 7.92. The summed E-state index contributed by atoms with van der Waals surface area (Å²) in [6.07, 6.45) is -3.90. The minimum atomic E-state index is -5.08. The fraction of sp³-hybridized carbons (Fsp3) is 0.303. The van der Waals surface area contributed by atoms with Gasteiger partial charge in [0.2, 0.25) is 5.91 Å². The van der Waals surface area contributed by atoms with Gasteiger partial charge in [-0.15, -0.1) is 0 Å². The molecule has 4 aromatic rings. The van der Waals surface area contributed by atoms with Crippen LogP contribution >= 0.6 is 0 Å². The lowest BCUT2D eigenvalue weighted by atomic mass is 9.94. The van der Waals surface area contributed by atoms with Gasteiger partial charge in [0, 0.05) is 31.9 Å². The van der Waals surface area contributed by atoms with Crippen molar-refractivity contribution in [2.75, 3.05) is 17.7 Å². The Kier molecular flexibility index (Phi) is 11.1. The molecule has 51 heavy (non-hydrogen) atoms. The molecule has 1 atom stereocenters. The standard InChI is InChI=1S/C31H33FN6O5S.C2HF3O2/c1-16(2)44(42,43)27-7-6-21-10-20(27)13-33-30(40)28(37-26-11-22-25(12-24(26)32)34-15-35-29(22)39)19-8-17(3)23(18(4)9-19)14-38(5)31(41)36-21;3-2(4,5)1(6)7/h6-12,15-16,28,37H,13-14H2,1-5H3,(H,33,40)(H,36,41)(H,34,35,39);(H,6,7). The van der Waals surface area contributed by atoms with Gasteiger partial charge in [-0.25, -0.2) is 27.4 Å². The second-order valence-corrected chi connectivity index (χ2v) is 14.5. The number of rotatable bonds is 4. The van der Waals surface area contributed by atoms with E-state index in [1.54, 1.807) is 33.0 Å². The molecule has 0 fully saturated rings. The number of carboxylic acids is 1. The summed E-state index contributed by atoms with van der Waals surface area (Å²) in [5, 5.41) is 15.1. The number of aromatic nitrogens is 2. The van der Waals surface area contributed by atoms with E-state index < -0.39 is 56.6 Å². The van der Waals surface area contributed by atoms with Gasteiger partial charge in [0.1, 0.15) is 11.9 Å². The molecule has 0 radical (unpaired) electrons.